The molecule has 6 nitrogen and oxygen atoms in total. The van der Waals surface area contributed by atoms with E-state index in [1.54, 1.807) is 6.07 Å². The third kappa shape index (κ3) is 2.25. The van der Waals surface area contributed by atoms with Crippen LogP contribution < -0.4 is 10.2 Å². The van der Waals surface area contributed by atoms with Crippen LogP contribution in [0.3, 0.4) is 0 Å². The quantitative estimate of drug-likeness (QED) is 0.883. The predicted octanol–water partition coefficient (Wildman–Crippen LogP) is 1.57. The summed E-state index contributed by atoms with van der Waals surface area (Å²) in [6.07, 6.45) is 0.911. The second-order valence-corrected chi connectivity index (χ2v) is 5.40. The molecule has 1 aromatic carbocycles. The number of hydrogen-bond donors (Lipinski definition) is 2. The topological polar surface area (TPSA) is 78.9 Å². The molecule has 0 aromatic heterocycles. The Kier molecular flexibility index (Phi) is 3.55. The number of rotatable bonds is 3. The summed E-state index contributed by atoms with van der Waals surface area (Å²) in [4.78, 5) is 25.9. The maximum absolute atomic E-state index is 12.4. The Bertz CT molecular complexity index is 587. The van der Waals surface area contributed by atoms with E-state index in [9.17, 15) is 14.7 Å². The van der Waals surface area contributed by atoms with E-state index in [4.69, 9.17) is 4.74 Å². The first-order valence-corrected chi connectivity index (χ1v) is 7.15. The van der Waals surface area contributed by atoms with Crippen LogP contribution in [0.5, 0.6) is 0 Å². The van der Waals surface area contributed by atoms with Gasteiger partial charge in [0.15, 0.2) is 0 Å². The number of anilines is 2. The van der Waals surface area contributed by atoms with Gasteiger partial charge in [0.2, 0.25) is 5.91 Å². The molecule has 2 heterocycles. The molecule has 6 heteroatoms. The van der Waals surface area contributed by atoms with E-state index in [-0.39, 0.29) is 23.4 Å². The molecule has 21 heavy (non-hydrogen) atoms. The summed E-state index contributed by atoms with van der Waals surface area (Å²) >= 11 is 0. The number of ether oxygens (including phenoxy) is 1. The van der Waals surface area contributed by atoms with E-state index in [1.807, 2.05) is 6.07 Å². The monoisotopic (exact) mass is 290 g/mol. The molecule has 3 rings (SSSR count). The van der Waals surface area contributed by atoms with Gasteiger partial charge >= 0.3 is 5.97 Å². The van der Waals surface area contributed by atoms with Crippen molar-refractivity contribution in [2.45, 2.75) is 19.4 Å². The first-order chi connectivity index (χ1) is 10.1. The van der Waals surface area contributed by atoms with Gasteiger partial charge in [0.1, 0.15) is 0 Å². The number of carboxylic acid groups (broad SMARTS) is 1. The Balaban J connectivity index is 2.14. The van der Waals surface area contributed by atoms with Crippen molar-refractivity contribution in [2.24, 2.45) is 5.92 Å². The molecule has 0 radical (unpaired) electrons. The highest BCUT2D eigenvalue weighted by atomic mass is 16.5. The Labute approximate surface area is 122 Å². The molecule has 2 N–H and O–H groups in total. The summed E-state index contributed by atoms with van der Waals surface area (Å²) in [5.41, 5.74) is 1.30. The first kappa shape index (κ1) is 13.9. The van der Waals surface area contributed by atoms with Gasteiger partial charge in [0.25, 0.3) is 0 Å². The Morgan fingerprint density at radius 1 is 1.48 bits per heavy atom. The highest BCUT2D eigenvalue weighted by Crippen LogP contribution is 2.37. The smallest absolute Gasteiger partial charge is 0.337 e. The largest absolute Gasteiger partial charge is 0.478 e. The van der Waals surface area contributed by atoms with Gasteiger partial charge in [-0.3, -0.25) is 4.79 Å². The molecule has 1 amide bonds. The predicted molar refractivity (Wildman–Crippen MR) is 77.8 cm³/mol. The van der Waals surface area contributed by atoms with Gasteiger partial charge in [-0.25, -0.2) is 4.79 Å². The molecular weight excluding hydrogens is 272 g/mol. The van der Waals surface area contributed by atoms with E-state index in [2.05, 4.69) is 17.1 Å². The lowest BCUT2D eigenvalue weighted by Crippen LogP contribution is -2.42. The summed E-state index contributed by atoms with van der Waals surface area (Å²) in [6, 6.07) is 5.06. The zero-order chi connectivity index (χ0) is 15.0. The number of nitrogens with one attached hydrogen (secondary N) is 1. The number of carbonyl (C=O) groups is 2. The summed E-state index contributed by atoms with van der Waals surface area (Å²) in [6.45, 7) is 3.70. The van der Waals surface area contributed by atoms with Crippen molar-refractivity contribution in [3.8, 4) is 0 Å². The van der Waals surface area contributed by atoms with Gasteiger partial charge in [-0.2, -0.15) is 0 Å². The molecule has 1 fully saturated rings. The van der Waals surface area contributed by atoms with Crippen molar-refractivity contribution in [3.63, 3.8) is 0 Å². The number of amides is 1. The molecule has 112 valence electrons. The summed E-state index contributed by atoms with van der Waals surface area (Å²) in [7, 11) is 0. The maximum atomic E-state index is 12.4. The SMILES string of the molecule is CCCN1c2cccc(C(=O)O)c2NC(=O)C2COCC21. The summed E-state index contributed by atoms with van der Waals surface area (Å²) in [5, 5.41) is 12.1. The van der Waals surface area contributed by atoms with Gasteiger partial charge in [-0.1, -0.05) is 13.0 Å². The second-order valence-electron chi connectivity index (χ2n) is 5.40. The minimum atomic E-state index is -1.04. The average molecular weight is 290 g/mol. The van der Waals surface area contributed by atoms with Gasteiger partial charge in [-0.15, -0.1) is 0 Å². The van der Waals surface area contributed by atoms with E-state index in [1.165, 1.54) is 6.07 Å². The third-order valence-corrected chi connectivity index (χ3v) is 4.08. The van der Waals surface area contributed by atoms with Crippen LogP contribution in [0.1, 0.15) is 23.7 Å². The normalized spacial score (nSPS) is 24.0. The number of carbonyl (C=O) groups excluding carboxylic acids is 1. The summed E-state index contributed by atoms with van der Waals surface area (Å²) in [5.74, 6) is -1.46. The van der Waals surface area contributed by atoms with Gasteiger partial charge in [-0.05, 0) is 18.6 Å². The van der Waals surface area contributed by atoms with Crippen molar-refractivity contribution in [2.75, 3.05) is 30.0 Å². The van der Waals surface area contributed by atoms with Crippen LogP contribution in [0.2, 0.25) is 0 Å². The van der Waals surface area contributed by atoms with Crippen molar-refractivity contribution < 1.29 is 19.4 Å². The van der Waals surface area contributed by atoms with Crippen molar-refractivity contribution in [1.29, 1.82) is 0 Å². The highest BCUT2D eigenvalue weighted by molar-refractivity contribution is 6.06. The number of para-hydroxylation sites is 1. The molecule has 2 aliphatic heterocycles. The van der Waals surface area contributed by atoms with Crippen molar-refractivity contribution in [3.05, 3.63) is 23.8 Å². The number of benzene rings is 1. The van der Waals surface area contributed by atoms with E-state index in [0.717, 1.165) is 18.7 Å². The fourth-order valence-electron chi connectivity index (χ4n) is 3.11. The maximum Gasteiger partial charge on any atom is 0.337 e. The second kappa shape index (κ2) is 5.37. The summed E-state index contributed by atoms with van der Waals surface area (Å²) < 4.78 is 5.47. The number of aromatic carboxylic acids is 1. The number of hydrogen-bond acceptors (Lipinski definition) is 4. The Hall–Kier alpha value is -2.08. The van der Waals surface area contributed by atoms with Gasteiger partial charge in [0, 0.05) is 6.54 Å². The van der Waals surface area contributed by atoms with Crippen molar-refractivity contribution in [1.82, 2.24) is 0 Å². The molecule has 0 aliphatic carbocycles. The third-order valence-electron chi connectivity index (χ3n) is 4.08. The first-order valence-electron chi connectivity index (χ1n) is 7.15. The molecule has 0 spiro atoms. The van der Waals surface area contributed by atoms with Crippen LogP contribution in [-0.2, 0) is 9.53 Å². The average Bonchev–Trinajstić information content (AvgIpc) is 2.90. The molecule has 0 bridgehead atoms. The standard InChI is InChI=1S/C15H18N2O4/c1-2-6-17-11-5-3-4-9(15(19)20)13(11)16-14(18)10-7-21-8-12(10)17/h3-5,10,12H,2,6-8H2,1H3,(H,16,18)(H,19,20). The molecular formula is C15H18N2O4. The van der Waals surface area contributed by atoms with E-state index in [0.29, 0.717) is 18.9 Å². The molecule has 2 atom stereocenters. The number of nitrogens with zero attached hydrogens (tertiary/aromatic N) is 1. The highest BCUT2D eigenvalue weighted by Gasteiger charge is 2.41. The zero-order valence-corrected chi connectivity index (χ0v) is 11.8. The van der Waals surface area contributed by atoms with Gasteiger partial charge < -0.3 is 20.1 Å². The van der Waals surface area contributed by atoms with Crippen LogP contribution in [0, 0.1) is 5.92 Å². The molecule has 0 saturated carbocycles. The Morgan fingerprint density at radius 2 is 2.29 bits per heavy atom. The van der Waals surface area contributed by atoms with Crippen LogP contribution in [0.25, 0.3) is 0 Å². The fourth-order valence-corrected chi connectivity index (χ4v) is 3.11. The minimum absolute atomic E-state index is 0.0322. The molecule has 2 unspecified atom stereocenters. The van der Waals surface area contributed by atoms with Crippen LogP contribution >= 0.6 is 0 Å². The lowest BCUT2D eigenvalue weighted by Gasteiger charge is -2.31. The number of fused-ring (bicyclic) bond motifs is 2. The number of carboxylic acids is 1. The van der Waals surface area contributed by atoms with Crippen LogP contribution in [0.4, 0.5) is 11.4 Å². The van der Waals surface area contributed by atoms with Crippen LogP contribution in [0.15, 0.2) is 18.2 Å². The fraction of sp³-hybridized carbons (Fsp3) is 0.467. The van der Waals surface area contributed by atoms with Gasteiger partial charge in [0.05, 0.1) is 42.1 Å². The zero-order valence-electron chi connectivity index (χ0n) is 11.8. The molecule has 1 saturated heterocycles. The van der Waals surface area contributed by atoms with Crippen molar-refractivity contribution >= 4 is 23.3 Å². The van der Waals surface area contributed by atoms with E-state index < -0.39 is 5.97 Å². The van der Waals surface area contributed by atoms with Crippen LogP contribution in [-0.4, -0.2) is 42.8 Å². The lowest BCUT2D eigenvalue weighted by atomic mass is 10.0. The molecule has 2 aliphatic rings. The lowest BCUT2D eigenvalue weighted by molar-refractivity contribution is -0.120. The minimum Gasteiger partial charge on any atom is -0.478 e. The van der Waals surface area contributed by atoms with E-state index >= 15 is 0 Å². The Morgan fingerprint density at radius 3 is 3.00 bits per heavy atom. The molecule has 1 aromatic rings.